The number of hydrogen-bond acceptors (Lipinski definition) is 4. The lowest BCUT2D eigenvalue weighted by molar-refractivity contribution is 0.417. The van der Waals surface area contributed by atoms with Gasteiger partial charge in [-0.3, -0.25) is 0 Å². The number of nitrogens with two attached hydrogens (primary N) is 1. The molecule has 1 heterocycles. The van der Waals surface area contributed by atoms with Crippen LogP contribution < -0.4 is 5.73 Å². The van der Waals surface area contributed by atoms with Gasteiger partial charge in [-0.1, -0.05) is 20.3 Å². The van der Waals surface area contributed by atoms with E-state index in [4.69, 9.17) is 5.73 Å². The van der Waals surface area contributed by atoms with Gasteiger partial charge in [0.25, 0.3) is 10.0 Å². The Morgan fingerprint density at radius 2 is 2.12 bits per heavy atom. The van der Waals surface area contributed by atoms with Gasteiger partial charge in [-0.2, -0.15) is 4.31 Å². The standard InChI is InChI=1S/C11H19N3O2S/c1-3-5-9-14(4-2)17(15,16)11-10(12)7-6-8-13-11/h6-8H,3-5,9,12H2,1-2H3. The van der Waals surface area contributed by atoms with Gasteiger partial charge in [-0.15, -0.1) is 0 Å². The SMILES string of the molecule is CCCCN(CC)S(=O)(=O)c1ncccc1N. The lowest BCUT2D eigenvalue weighted by Gasteiger charge is -2.20. The Labute approximate surface area is 103 Å². The molecule has 0 spiro atoms. The predicted octanol–water partition coefficient (Wildman–Crippen LogP) is 1.47. The van der Waals surface area contributed by atoms with E-state index in [9.17, 15) is 8.42 Å². The van der Waals surface area contributed by atoms with Crippen LogP contribution in [0.3, 0.4) is 0 Å². The average Bonchev–Trinajstić information content (AvgIpc) is 2.30. The number of aromatic nitrogens is 1. The van der Waals surface area contributed by atoms with Crippen LogP contribution in [0.15, 0.2) is 23.4 Å². The zero-order chi connectivity index (χ0) is 12.9. The Bertz CT molecular complexity index is 460. The van der Waals surface area contributed by atoms with Gasteiger partial charge < -0.3 is 5.73 Å². The molecule has 0 unspecified atom stereocenters. The maximum atomic E-state index is 12.3. The Balaban J connectivity index is 3.05. The maximum Gasteiger partial charge on any atom is 0.262 e. The molecule has 5 nitrogen and oxygen atoms in total. The predicted molar refractivity (Wildman–Crippen MR) is 68.0 cm³/mol. The van der Waals surface area contributed by atoms with E-state index in [0.717, 1.165) is 12.8 Å². The number of pyridine rings is 1. The highest BCUT2D eigenvalue weighted by atomic mass is 32.2. The molecule has 17 heavy (non-hydrogen) atoms. The second-order valence-corrected chi connectivity index (χ2v) is 5.60. The Morgan fingerprint density at radius 3 is 2.65 bits per heavy atom. The molecule has 0 aliphatic heterocycles. The molecule has 0 atom stereocenters. The van der Waals surface area contributed by atoms with Crippen LogP contribution in [0.4, 0.5) is 5.69 Å². The van der Waals surface area contributed by atoms with E-state index in [1.807, 2.05) is 13.8 Å². The van der Waals surface area contributed by atoms with Gasteiger partial charge >= 0.3 is 0 Å². The minimum Gasteiger partial charge on any atom is -0.396 e. The van der Waals surface area contributed by atoms with E-state index in [-0.39, 0.29) is 10.7 Å². The summed E-state index contributed by atoms with van der Waals surface area (Å²) in [5, 5.41) is -0.0436. The summed E-state index contributed by atoms with van der Waals surface area (Å²) in [5.41, 5.74) is 5.86. The number of unbranched alkanes of at least 4 members (excludes halogenated alkanes) is 1. The molecule has 0 radical (unpaired) electrons. The molecule has 0 amide bonds. The van der Waals surface area contributed by atoms with Gasteiger partial charge in [0.15, 0.2) is 5.03 Å². The lowest BCUT2D eigenvalue weighted by Crippen LogP contribution is -2.32. The highest BCUT2D eigenvalue weighted by Gasteiger charge is 2.25. The molecule has 1 rings (SSSR count). The third-order valence-electron chi connectivity index (χ3n) is 2.50. The fourth-order valence-electron chi connectivity index (χ4n) is 1.52. The first kappa shape index (κ1) is 13.9. The van der Waals surface area contributed by atoms with Crippen LogP contribution in [-0.2, 0) is 10.0 Å². The Hall–Kier alpha value is -1.14. The topological polar surface area (TPSA) is 76.3 Å². The Morgan fingerprint density at radius 1 is 1.41 bits per heavy atom. The van der Waals surface area contributed by atoms with E-state index in [1.54, 1.807) is 12.1 Å². The number of nitrogen functional groups attached to an aromatic ring is 1. The van der Waals surface area contributed by atoms with Gasteiger partial charge in [-0.25, -0.2) is 13.4 Å². The van der Waals surface area contributed by atoms with Crippen molar-refractivity contribution in [1.82, 2.24) is 9.29 Å². The summed E-state index contributed by atoms with van der Waals surface area (Å²) in [6.07, 6.45) is 3.22. The molecular formula is C11H19N3O2S. The lowest BCUT2D eigenvalue weighted by atomic mass is 10.3. The van der Waals surface area contributed by atoms with Crippen molar-refractivity contribution in [2.24, 2.45) is 0 Å². The van der Waals surface area contributed by atoms with E-state index in [1.165, 1.54) is 10.5 Å². The highest BCUT2D eigenvalue weighted by molar-refractivity contribution is 7.89. The van der Waals surface area contributed by atoms with Crippen LogP contribution in [0.25, 0.3) is 0 Å². The van der Waals surface area contributed by atoms with E-state index >= 15 is 0 Å². The zero-order valence-corrected chi connectivity index (χ0v) is 11.1. The van der Waals surface area contributed by atoms with Crippen LogP contribution in [0.5, 0.6) is 0 Å². The fraction of sp³-hybridized carbons (Fsp3) is 0.545. The van der Waals surface area contributed by atoms with Crippen molar-refractivity contribution in [1.29, 1.82) is 0 Å². The molecule has 6 heteroatoms. The first-order valence-electron chi connectivity index (χ1n) is 5.74. The average molecular weight is 257 g/mol. The minimum atomic E-state index is -3.56. The summed E-state index contributed by atoms with van der Waals surface area (Å²) in [6, 6.07) is 3.17. The molecular weight excluding hydrogens is 238 g/mol. The quantitative estimate of drug-likeness (QED) is 0.837. The first-order chi connectivity index (χ1) is 8.04. The van der Waals surface area contributed by atoms with Gasteiger partial charge in [0, 0.05) is 19.3 Å². The summed E-state index contributed by atoms with van der Waals surface area (Å²) in [5.74, 6) is 0. The van der Waals surface area contributed by atoms with Crippen LogP contribution in [0.1, 0.15) is 26.7 Å². The van der Waals surface area contributed by atoms with Gasteiger partial charge in [0.05, 0.1) is 5.69 Å². The summed E-state index contributed by atoms with van der Waals surface area (Å²) < 4.78 is 26.0. The van der Waals surface area contributed by atoms with Crippen LogP contribution >= 0.6 is 0 Å². The van der Waals surface area contributed by atoms with Crippen LogP contribution in [-0.4, -0.2) is 30.8 Å². The summed E-state index contributed by atoms with van der Waals surface area (Å²) in [4.78, 5) is 3.87. The third-order valence-corrected chi connectivity index (χ3v) is 4.45. The molecule has 1 aromatic heterocycles. The minimum absolute atomic E-state index is 0.0436. The molecule has 0 aromatic carbocycles. The summed E-state index contributed by atoms with van der Waals surface area (Å²) in [7, 11) is -3.56. The van der Waals surface area contributed by atoms with E-state index < -0.39 is 10.0 Å². The molecule has 0 aliphatic rings. The fourth-order valence-corrected chi connectivity index (χ4v) is 3.04. The number of anilines is 1. The van der Waals surface area contributed by atoms with Crippen molar-refractivity contribution in [3.8, 4) is 0 Å². The molecule has 96 valence electrons. The third kappa shape index (κ3) is 3.17. The van der Waals surface area contributed by atoms with Crippen molar-refractivity contribution in [3.05, 3.63) is 18.3 Å². The van der Waals surface area contributed by atoms with Crippen LogP contribution in [0.2, 0.25) is 0 Å². The molecule has 0 saturated carbocycles. The second kappa shape index (κ2) is 5.97. The molecule has 0 fully saturated rings. The largest absolute Gasteiger partial charge is 0.396 e. The summed E-state index contributed by atoms with van der Waals surface area (Å²) >= 11 is 0. The van der Waals surface area contributed by atoms with E-state index in [2.05, 4.69) is 4.98 Å². The van der Waals surface area contributed by atoms with Crippen molar-refractivity contribution in [2.45, 2.75) is 31.7 Å². The molecule has 1 aromatic rings. The van der Waals surface area contributed by atoms with Crippen molar-refractivity contribution >= 4 is 15.7 Å². The van der Waals surface area contributed by atoms with Crippen molar-refractivity contribution < 1.29 is 8.42 Å². The van der Waals surface area contributed by atoms with Gasteiger partial charge in [0.1, 0.15) is 0 Å². The zero-order valence-electron chi connectivity index (χ0n) is 10.3. The van der Waals surface area contributed by atoms with E-state index in [0.29, 0.717) is 13.1 Å². The molecule has 0 saturated heterocycles. The number of hydrogen-bond donors (Lipinski definition) is 1. The molecule has 0 bridgehead atoms. The number of rotatable bonds is 6. The van der Waals surface area contributed by atoms with Crippen molar-refractivity contribution in [3.63, 3.8) is 0 Å². The molecule has 0 aliphatic carbocycles. The van der Waals surface area contributed by atoms with Crippen molar-refractivity contribution in [2.75, 3.05) is 18.8 Å². The maximum absolute atomic E-state index is 12.3. The Kier molecular flexibility index (Phi) is 4.89. The number of sulfonamides is 1. The first-order valence-corrected chi connectivity index (χ1v) is 7.18. The van der Waals surface area contributed by atoms with Crippen LogP contribution in [0, 0.1) is 0 Å². The smallest absolute Gasteiger partial charge is 0.262 e. The number of nitrogens with zero attached hydrogens (tertiary/aromatic N) is 2. The molecule has 2 N–H and O–H groups in total. The normalized spacial score (nSPS) is 11.9. The summed E-state index contributed by atoms with van der Waals surface area (Å²) in [6.45, 7) is 4.77. The van der Waals surface area contributed by atoms with Gasteiger partial charge in [0.2, 0.25) is 0 Å². The van der Waals surface area contributed by atoms with Gasteiger partial charge in [-0.05, 0) is 18.6 Å². The monoisotopic (exact) mass is 257 g/mol. The highest BCUT2D eigenvalue weighted by Crippen LogP contribution is 2.19. The second-order valence-electron chi connectivity index (χ2n) is 3.75.